The summed E-state index contributed by atoms with van der Waals surface area (Å²) in [5.41, 5.74) is 2.18. The molecule has 0 radical (unpaired) electrons. The van der Waals surface area contributed by atoms with Crippen molar-refractivity contribution in [2.75, 3.05) is 28.4 Å². The Bertz CT molecular complexity index is 999. The quantitative estimate of drug-likeness (QED) is 0.535. The van der Waals surface area contributed by atoms with Gasteiger partial charge in [-0.05, 0) is 49.1 Å². The third kappa shape index (κ3) is 2.98. The number of phenols is 1. The number of allylic oxidation sites excluding steroid dienone is 2. The molecule has 0 spiro atoms. The highest BCUT2D eigenvalue weighted by Crippen LogP contribution is 2.60. The summed E-state index contributed by atoms with van der Waals surface area (Å²) in [6, 6.07) is 8.85. The van der Waals surface area contributed by atoms with Gasteiger partial charge in [0, 0.05) is 16.9 Å². The summed E-state index contributed by atoms with van der Waals surface area (Å²) in [5, 5.41) is 10.3. The van der Waals surface area contributed by atoms with E-state index in [1.165, 1.54) is 34.0 Å². The molecule has 0 amide bonds. The van der Waals surface area contributed by atoms with Gasteiger partial charge in [-0.2, -0.15) is 0 Å². The van der Waals surface area contributed by atoms with Gasteiger partial charge in [-0.25, -0.2) is 0 Å². The lowest BCUT2D eigenvalue weighted by atomic mass is 9.68. The molecule has 6 nitrogen and oxygen atoms in total. The van der Waals surface area contributed by atoms with E-state index < -0.39 is 5.41 Å². The molecule has 0 heterocycles. The minimum atomic E-state index is -0.582. The average Bonchev–Trinajstić information content (AvgIpc) is 3.37. The number of benzene rings is 2. The fraction of sp³-hybridized carbons (Fsp3) is 0.375. The Kier molecular flexibility index (Phi) is 5.10. The van der Waals surface area contributed by atoms with Crippen LogP contribution < -0.4 is 18.9 Å². The van der Waals surface area contributed by atoms with Crippen LogP contribution in [0.1, 0.15) is 41.1 Å². The molecule has 2 aliphatic rings. The van der Waals surface area contributed by atoms with Crippen LogP contribution in [0, 0.1) is 5.41 Å². The van der Waals surface area contributed by atoms with Gasteiger partial charge in [0.05, 0.1) is 28.4 Å². The van der Waals surface area contributed by atoms with Crippen molar-refractivity contribution >= 4 is 5.78 Å². The highest BCUT2D eigenvalue weighted by atomic mass is 16.5. The molecular formula is C24H26O6. The predicted molar refractivity (Wildman–Crippen MR) is 112 cm³/mol. The third-order valence-corrected chi connectivity index (χ3v) is 6.42. The molecule has 2 atom stereocenters. The van der Waals surface area contributed by atoms with E-state index in [1.807, 2.05) is 6.07 Å². The number of carbonyl (C=O) groups is 1. The smallest absolute Gasteiger partial charge is 0.203 e. The number of aromatic hydroxyl groups is 1. The van der Waals surface area contributed by atoms with Crippen LogP contribution in [0.3, 0.4) is 0 Å². The third-order valence-electron chi connectivity index (χ3n) is 6.42. The number of carbonyl (C=O) groups excluding carboxylic acids is 1. The zero-order valence-electron chi connectivity index (χ0n) is 17.7. The van der Waals surface area contributed by atoms with Gasteiger partial charge in [-0.15, -0.1) is 0 Å². The zero-order chi connectivity index (χ0) is 21.5. The van der Waals surface area contributed by atoms with Gasteiger partial charge in [-0.3, -0.25) is 4.79 Å². The number of ether oxygens (including phenoxy) is 4. The van der Waals surface area contributed by atoms with Crippen molar-refractivity contribution in [3.63, 3.8) is 0 Å². The number of Topliss-reactive ketones (excluding diaryl/α,β-unsaturated/α-hetero) is 1. The lowest BCUT2D eigenvalue weighted by Gasteiger charge is -2.33. The number of phenolic OH excluding ortho intramolecular Hbond substituents is 1. The fourth-order valence-electron chi connectivity index (χ4n) is 4.95. The highest BCUT2D eigenvalue weighted by molar-refractivity contribution is 6.03. The van der Waals surface area contributed by atoms with Gasteiger partial charge in [0.15, 0.2) is 28.8 Å². The Balaban J connectivity index is 1.77. The number of hydrogen-bond acceptors (Lipinski definition) is 6. The summed E-state index contributed by atoms with van der Waals surface area (Å²) in [4.78, 5) is 13.9. The van der Waals surface area contributed by atoms with Gasteiger partial charge in [-0.1, -0.05) is 17.7 Å². The molecule has 158 valence electrons. The molecule has 0 aliphatic heterocycles. The maximum absolute atomic E-state index is 13.9. The topological polar surface area (TPSA) is 74.2 Å². The van der Waals surface area contributed by atoms with Crippen molar-refractivity contribution in [2.45, 2.75) is 25.2 Å². The van der Waals surface area contributed by atoms with Gasteiger partial charge in [0.25, 0.3) is 0 Å². The molecule has 2 unspecified atom stereocenters. The maximum atomic E-state index is 13.9. The number of hydrogen-bond donors (Lipinski definition) is 1. The van der Waals surface area contributed by atoms with Crippen molar-refractivity contribution in [1.82, 2.24) is 0 Å². The van der Waals surface area contributed by atoms with E-state index in [0.717, 1.165) is 18.4 Å². The van der Waals surface area contributed by atoms with Crippen LogP contribution in [0.25, 0.3) is 0 Å². The van der Waals surface area contributed by atoms with E-state index in [9.17, 15) is 9.90 Å². The number of rotatable bonds is 7. The monoisotopic (exact) mass is 410 g/mol. The first-order chi connectivity index (χ1) is 14.5. The highest BCUT2D eigenvalue weighted by Gasteiger charge is 2.53. The molecule has 2 aromatic rings. The molecule has 1 saturated carbocycles. The van der Waals surface area contributed by atoms with Crippen LogP contribution in [0.4, 0.5) is 0 Å². The summed E-state index contributed by atoms with van der Waals surface area (Å²) < 4.78 is 21.5. The molecule has 2 aliphatic carbocycles. The summed E-state index contributed by atoms with van der Waals surface area (Å²) in [6.45, 7) is 0. The lowest BCUT2D eigenvalue weighted by Crippen LogP contribution is -2.33. The van der Waals surface area contributed by atoms with Crippen molar-refractivity contribution in [3.05, 3.63) is 53.1 Å². The van der Waals surface area contributed by atoms with Crippen LogP contribution in [-0.4, -0.2) is 39.3 Å². The second-order valence-corrected chi connectivity index (χ2v) is 7.83. The van der Waals surface area contributed by atoms with Crippen LogP contribution >= 0.6 is 0 Å². The summed E-state index contributed by atoms with van der Waals surface area (Å²) >= 11 is 0. The Hall–Kier alpha value is -3.15. The molecule has 2 aromatic carbocycles. The minimum Gasteiger partial charge on any atom is -0.504 e. The standard InChI is InChI=1S/C24H26O6/c1-27-19-6-5-15(10-18(19)25)17-9-14-7-8-24(17,13-14)23(26)16-11-20(28-2)22(30-4)21(12-16)29-3/h5-7,10-12,17,25H,8-9,13H2,1-4H3. The average molecular weight is 410 g/mol. The van der Waals surface area contributed by atoms with Crippen molar-refractivity contribution < 1.29 is 28.8 Å². The second kappa shape index (κ2) is 7.59. The molecule has 6 heteroatoms. The van der Waals surface area contributed by atoms with Gasteiger partial charge in [0.2, 0.25) is 5.75 Å². The van der Waals surface area contributed by atoms with E-state index in [-0.39, 0.29) is 17.5 Å². The molecule has 0 aromatic heterocycles. The van der Waals surface area contributed by atoms with E-state index in [1.54, 1.807) is 24.3 Å². The first kappa shape index (κ1) is 20.1. The second-order valence-electron chi connectivity index (χ2n) is 7.83. The van der Waals surface area contributed by atoms with E-state index in [2.05, 4.69) is 6.08 Å². The molecule has 2 bridgehead atoms. The lowest BCUT2D eigenvalue weighted by molar-refractivity contribution is 0.0782. The van der Waals surface area contributed by atoms with Gasteiger partial charge < -0.3 is 24.1 Å². The van der Waals surface area contributed by atoms with E-state index in [4.69, 9.17) is 18.9 Å². The van der Waals surface area contributed by atoms with E-state index in [0.29, 0.717) is 35.0 Å². The Morgan fingerprint density at radius 2 is 1.63 bits per heavy atom. The van der Waals surface area contributed by atoms with Crippen molar-refractivity contribution in [3.8, 4) is 28.7 Å². The molecule has 30 heavy (non-hydrogen) atoms. The first-order valence-electron chi connectivity index (χ1n) is 9.87. The fourth-order valence-corrected chi connectivity index (χ4v) is 4.95. The first-order valence-corrected chi connectivity index (χ1v) is 9.87. The number of methoxy groups -OCH3 is 4. The van der Waals surface area contributed by atoms with Gasteiger partial charge in [0.1, 0.15) is 0 Å². The van der Waals surface area contributed by atoms with Crippen molar-refractivity contribution in [2.24, 2.45) is 5.41 Å². The molecule has 1 N–H and O–H groups in total. The Morgan fingerprint density at radius 3 is 2.17 bits per heavy atom. The van der Waals surface area contributed by atoms with E-state index >= 15 is 0 Å². The SMILES string of the molecule is COc1ccc(C2CC3=CCC2(C(=O)c2cc(OC)c(OC)c(OC)c2)C3)cc1O. The Morgan fingerprint density at radius 1 is 0.967 bits per heavy atom. The van der Waals surface area contributed by atoms with Crippen LogP contribution in [0.2, 0.25) is 0 Å². The summed E-state index contributed by atoms with van der Waals surface area (Å²) in [5.74, 6) is 1.92. The number of ketones is 1. The molecular weight excluding hydrogens is 384 g/mol. The maximum Gasteiger partial charge on any atom is 0.203 e. The molecule has 1 fully saturated rings. The number of fused-ring (bicyclic) bond motifs is 2. The minimum absolute atomic E-state index is 0.0131. The van der Waals surface area contributed by atoms with Crippen LogP contribution in [0.15, 0.2) is 42.0 Å². The normalized spacial score (nSPS) is 21.9. The Labute approximate surface area is 176 Å². The summed E-state index contributed by atoms with van der Waals surface area (Å²) in [6.07, 6.45) is 4.38. The molecule has 0 saturated heterocycles. The van der Waals surface area contributed by atoms with Crippen LogP contribution in [-0.2, 0) is 0 Å². The molecule has 4 rings (SSSR count). The van der Waals surface area contributed by atoms with Gasteiger partial charge >= 0.3 is 0 Å². The van der Waals surface area contributed by atoms with Crippen LogP contribution in [0.5, 0.6) is 28.7 Å². The summed E-state index contributed by atoms with van der Waals surface area (Å²) in [7, 11) is 6.14. The van der Waals surface area contributed by atoms with Crippen molar-refractivity contribution in [1.29, 1.82) is 0 Å². The zero-order valence-corrected chi connectivity index (χ0v) is 17.7. The predicted octanol–water partition coefficient (Wildman–Crippen LogP) is 4.50. The largest absolute Gasteiger partial charge is 0.504 e.